The number of hydrogen-bond acceptors (Lipinski definition) is 5. The first kappa shape index (κ1) is 18.9. The standard InChI is InChI=1S/C15H14BrClN2O4S/c1-19(2)24(21,22)13-8-10(5-6-12(13)16)15(20)23-9-11-4-3-7-18-14(11)17/h3-8H,9H2,1-2H3. The Labute approximate surface area is 153 Å². The summed E-state index contributed by atoms with van der Waals surface area (Å²) < 4.78 is 31.1. The fourth-order valence-corrected chi connectivity index (χ4v) is 3.80. The molecule has 1 aromatic carbocycles. The molecule has 0 N–H and O–H groups in total. The lowest BCUT2D eigenvalue weighted by atomic mass is 10.2. The third-order valence-corrected chi connectivity index (χ3v) is 6.27. The molecule has 0 amide bonds. The zero-order valence-corrected chi connectivity index (χ0v) is 16.0. The van der Waals surface area contributed by atoms with Gasteiger partial charge in [0.15, 0.2) is 0 Å². The van der Waals surface area contributed by atoms with Crippen LogP contribution in [0.2, 0.25) is 5.15 Å². The molecule has 1 aromatic heterocycles. The number of hydrogen-bond donors (Lipinski definition) is 0. The van der Waals surface area contributed by atoms with Crippen LogP contribution in [0.1, 0.15) is 15.9 Å². The zero-order valence-electron chi connectivity index (χ0n) is 12.9. The molecule has 128 valence electrons. The number of carbonyl (C=O) groups excluding carboxylic acids is 1. The van der Waals surface area contributed by atoms with Crippen LogP contribution in [0.3, 0.4) is 0 Å². The number of nitrogens with zero attached hydrogens (tertiary/aromatic N) is 2. The minimum atomic E-state index is -3.69. The monoisotopic (exact) mass is 432 g/mol. The number of sulfonamides is 1. The van der Waals surface area contributed by atoms with Gasteiger partial charge in [-0.3, -0.25) is 0 Å². The van der Waals surface area contributed by atoms with E-state index in [1.54, 1.807) is 12.1 Å². The molecule has 9 heteroatoms. The second-order valence-corrected chi connectivity index (χ2v) is 8.29. The lowest BCUT2D eigenvalue weighted by Gasteiger charge is -2.14. The Morgan fingerprint density at radius 1 is 1.33 bits per heavy atom. The molecule has 0 spiro atoms. The van der Waals surface area contributed by atoms with Crippen molar-refractivity contribution < 1.29 is 17.9 Å². The van der Waals surface area contributed by atoms with Crippen molar-refractivity contribution in [3.63, 3.8) is 0 Å². The topological polar surface area (TPSA) is 76.6 Å². The van der Waals surface area contributed by atoms with Gasteiger partial charge in [0, 0.05) is 30.3 Å². The highest BCUT2D eigenvalue weighted by Gasteiger charge is 2.22. The molecule has 0 atom stereocenters. The molecular weight excluding hydrogens is 420 g/mol. The molecule has 2 rings (SSSR count). The quantitative estimate of drug-likeness (QED) is 0.535. The minimum absolute atomic E-state index is 0.0126. The zero-order chi connectivity index (χ0) is 17.9. The van der Waals surface area contributed by atoms with Crippen LogP contribution in [0.15, 0.2) is 45.9 Å². The Hall–Kier alpha value is -1.48. The van der Waals surface area contributed by atoms with Gasteiger partial charge in [0.05, 0.1) is 10.5 Å². The van der Waals surface area contributed by atoms with Crippen molar-refractivity contribution in [1.29, 1.82) is 0 Å². The second-order valence-electron chi connectivity index (χ2n) is 4.96. The van der Waals surface area contributed by atoms with Crippen LogP contribution < -0.4 is 0 Å². The van der Waals surface area contributed by atoms with E-state index in [4.69, 9.17) is 16.3 Å². The van der Waals surface area contributed by atoms with Gasteiger partial charge in [-0.05, 0) is 40.2 Å². The average Bonchev–Trinajstić information content (AvgIpc) is 2.54. The first-order valence-corrected chi connectivity index (χ1v) is 9.33. The molecule has 0 unspecified atom stereocenters. The summed E-state index contributed by atoms with van der Waals surface area (Å²) in [5.41, 5.74) is 0.685. The highest BCUT2D eigenvalue weighted by atomic mass is 79.9. The molecule has 0 saturated carbocycles. The summed E-state index contributed by atoms with van der Waals surface area (Å²) in [6.45, 7) is -0.0582. The lowest BCUT2D eigenvalue weighted by Crippen LogP contribution is -2.23. The third kappa shape index (κ3) is 4.13. The van der Waals surface area contributed by atoms with E-state index < -0.39 is 16.0 Å². The fourth-order valence-electron chi connectivity index (χ4n) is 1.78. The fraction of sp³-hybridized carbons (Fsp3) is 0.200. The van der Waals surface area contributed by atoms with Crippen LogP contribution in [0.25, 0.3) is 0 Å². The summed E-state index contributed by atoms with van der Waals surface area (Å²) in [5.74, 6) is -0.655. The van der Waals surface area contributed by atoms with Crippen molar-refractivity contribution in [2.75, 3.05) is 14.1 Å². The van der Waals surface area contributed by atoms with Crippen molar-refractivity contribution in [3.8, 4) is 0 Å². The predicted molar refractivity (Wildman–Crippen MR) is 93.4 cm³/mol. The van der Waals surface area contributed by atoms with Gasteiger partial charge in [-0.25, -0.2) is 22.5 Å². The molecule has 0 aliphatic carbocycles. The average molecular weight is 434 g/mol. The molecule has 0 radical (unpaired) electrons. The van der Waals surface area contributed by atoms with E-state index in [2.05, 4.69) is 20.9 Å². The van der Waals surface area contributed by atoms with Gasteiger partial charge in [0.1, 0.15) is 11.8 Å². The van der Waals surface area contributed by atoms with E-state index >= 15 is 0 Å². The Morgan fingerprint density at radius 2 is 2.04 bits per heavy atom. The Kier molecular flexibility index (Phi) is 5.97. The maximum atomic E-state index is 12.3. The van der Waals surface area contributed by atoms with Gasteiger partial charge in [0.25, 0.3) is 0 Å². The van der Waals surface area contributed by atoms with E-state index in [0.29, 0.717) is 10.0 Å². The molecule has 1 heterocycles. The number of ether oxygens (including phenoxy) is 1. The van der Waals surface area contributed by atoms with Crippen molar-refractivity contribution in [1.82, 2.24) is 9.29 Å². The number of halogens is 2. The van der Waals surface area contributed by atoms with Crippen LogP contribution >= 0.6 is 27.5 Å². The van der Waals surface area contributed by atoms with Crippen molar-refractivity contribution in [3.05, 3.63) is 57.3 Å². The van der Waals surface area contributed by atoms with Gasteiger partial charge in [0.2, 0.25) is 10.0 Å². The molecule has 6 nitrogen and oxygen atoms in total. The summed E-state index contributed by atoms with van der Waals surface area (Å²) in [5, 5.41) is 0.247. The molecule has 0 fully saturated rings. The van der Waals surface area contributed by atoms with Crippen LogP contribution in [0, 0.1) is 0 Å². The molecule has 0 aliphatic heterocycles. The number of esters is 1. The highest BCUT2D eigenvalue weighted by molar-refractivity contribution is 9.10. The van der Waals surface area contributed by atoms with Crippen molar-refractivity contribution in [2.24, 2.45) is 0 Å². The van der Waals surface area contributed by atoms with E-state index in [-0.39, 0.29) is 22.2 Å². The van der Waals surface area contributed by atoms with Crippen LogP contribution in [-0.2, 0) is 21.4 Å². The number of pyridine rings is 1. The predicted octanol–water partition coefficient (Wildman–Crippen LogP) is 3.10. The molecular formula is C15H14BrClN2O4S. The maximum absolute atomic E-state index is 12.3. The third-order valence-electron chi connectivity index (χ3n) is 3.12. The summed E-state index contributed by atoms with van der Waals surface area (Å²) in [4.78, 5) is 16.1. The Balaban J connectivity index is 2.23. The summed E-state index contributed by atoms with van der Waals surface area (Å²) in [7, 11) is -0.862. The van der Waals surface area contributed by atoms with Gasteiger partial charge in [-0.1, -0.05) is 17.7 Å². The van der Waals surface area contributed by atoms with Crippen LogP contribution in [0.4, 0.5) is 0 Å². The van der Waals surface area contributed by atoms with Crippen molar-refractivity contribution in [2.45, 2.75) is 11.5 Å². The molecule has 0 saturated heterocycles. The molecule has 24 heavy (non-hydrogen) atoms. The molecule has 0 aliphatic rings. The van der Waals surface area contributed by atoms with Gasteiger partial charge >= 0.3 is 5.97 Å². The number of benzene rings is 1. The largest absolute Gasteiger partial charge is 0.457 e. The number of rotatable bonds is 5. The van der Waals surface area contributed by atoms with E-state index in [1.165, 1.54) is 38.5 Å². The maximum Gasteiger partial charge on any atom is 0.338 e. The second kappa shape index (κ2) is 7.60. The minimum Gasteiger partial charge on any atom is -0.457 e. The van der Waals surface area contributed by atoms with E-state index in [9.17, 15) is 13.2 Å². The molecule has 0 bridgehead atoms. The van der Waals surface area contributed by atoms with Gasteiger partial charge in [-0.2, -0.15) is 0 Å². The normalized spacial score (nSPS) is 11.5. The smallest absolute Gasteiger partial charge is 0.338 e. The van der Waals surface area contributed by atoms with E-state index in [0.717, 1.165) is 4.31 Å². The van der Waals surface area contributed by atoms with E-state index in [1.807, 2.05) is 0 Å². The van der Waals surface area contributed by atoms with Crippen LogP contribution in [0.5, 0.6) is 0 Å². The number of carbonyl (C=O) groups is 1. The van der Waals surface area contributed by atoms with Gasteiger partial charge in [-0.15, -0.1) is 0 Å². The lowest BCUT2D eigenvalue weighted by molar-refractivity contribution is 0.0472. The Bertz CT molecular complexity index is 872. The first-order valence-electron chi connectivity index (χ1n) is 6.72. The SMILES string of the molecule is CN(C)S(=O)(=O)c1cc(C(=O)OCc2cccnc2Cl)ccc1Br. The summed E-state index contributed by atoms with van der Waals surface area (Å²) in [6, 6.07) is 7.60. The van der Waals surface area contributed by atoms with Crippen LogP contribution in [-0.4, -0.2) is 37.8 Å². The summed E-state index contributed by atoms with van der Waals surface area (Å²) >= 11 is 9.09. The van der Waals surface area contributed by atoms with Gasteiger partial charge < -0.3 is 4.74 Å². The first-order chi connectivity index (χ1) is 11.2. The van der Waals surface area contributed by atoms with Crippen molar-refractivity contribution >= 4 is 43.5 Å². The molecule has 2 aromatic rings. The highest BCUT2D eigenvalue weighted by Crippen LogP contribution is 2.25. The Morgan fingerprint density at radius 3 is 2.67 bits per heavy atom. The number of aromatic nitrogens is 1. The summed E-state index contributed by atoms with van der Waals surface area (Å²) in [6.07, 6.45) is 1.53.